The number of nitrogens with zero attached hydrogens (tertiary/aromatic N) is 1. The van der Waals surface area contributed by atoms with Crippen molar-refractivity contribution < 1.29 is 13.2 Å². The lowest BCUT2D eigenvalue weighted by atomic mass is 9.98. The first-order valence-electron chi connectivity index (χ1n) is 4.92. The molecule has 0 atom stereocenters. The Bertz CT molecular complexity index is 429. The summed E-state index contributed by atoms with van der Waals surface area (Å²) >= 11 is 0. The molecule has 1 aliphatic heterocycles. The van der Waals surface area contributed by atoms with Crippen molar-refractivity contribution in [2.45, 2.75) is 12.6 Å². The molecule has 0 radical (unpaired) electrons. The molecule has 1 aliphatic rings. The minimum absolute atomic E-state index is 0.110. The van der Waals surface area contributed by atoms with Gasteiger partial charge in [0.1, 0.15) is 5.71 Å². The average molecular weight is 225 g/mol. The van der Waals surface area contributed by atoms with Crippen LogP contribution in [0.5, 0.6) is 0 Å². The molecule has 1 nitrogen and oxygen atoms in total. The molecule has 0 aromatic heterocycles. The second-order valence-corrected chi connectivity index (χ2v) is 3.56. The fraction of sp³-hybridized carbons (Fsp3) is 0.250. The van der Waals surface area contributed by atoms with Gasteiger partial charge in [0.15, 0.2) is 0 Å². The van der Waals surface area contributed by atoms with Gasteiger partial charge in [-0.05, 0) is 11.1 Å². The smallest absolute Gasteiger partial charge is 0.280 e. The van der Waals surface area contributed by atoms with Crippen molar-refractivity contribution in [1.82, 2.24) is 0 Å². The Morgan fingerprint density at radius 2 is 1.75 bits per heavy atom. The topological polar surface area (TPSA) is 12.4 Å². The van der Waals surface area contributed by atoms with E-state index in [-0.39, 0.29) is 13.0 Å². The summed E-state index contributed by atoms with van der Waals surface area (Å²) in [7, 11) is 0. The molecule has 0 N–H and O–H groups in total. The van der Waals surface area contributed by atoms with E-state index in [0.717, 1.165) is 5.56 Å². The second kappa shape index (κ2) is 4.12. The molecule has 0 fully saturated rings. The van der Waals surface area contributed by atoms with E-state index in [1.54, 1.807) is 6.08 Å². The minimum atomic E-state index is -4.31. The first-order chi connectivity index (χ1) is 7.57. The summed E-state index contributed by atoms with van der Waals surface area (Å²) in [6, 6.07) is 9.09. The van der Waals surface area contributed by atoms with Gasteiger partial charge in [-0.25, -0.2) is 0 Å². The van der Waals surface area contributed by atoms with Crippen LogP contribution in [0.4, 0.5) is 13.2 Å². The van der Waals surface area contributed by atoms with Crippen LogP contribution in [0.3, 0.4) is 0 Å². The number of rotatable bonds is 1. The van der Waals surface area contributed by atoms with Gasteiger partial charge in [0.05, 0.1) is 6.54 Å². The molecule has 0 amide bonds. The largest absolute Gasteiger partial charge is 0.429 e. The summed E-state index contributed by atoms with van der Waals surface area (Å²) in [4.78, 5) is 3.49. The quantitative estimate of drug-likeness (QED) is 0.693. The highest BCUT2D eigenvalue weighted by molar-refractivity contribution is 5.99. The van der Waals surface area contributed by atoms with Crippen LogP contribution in [0.15, 0.2) is 41.4 Å². The summed E-state index contributed by atoms with van der Waals surface area (Å²) in [5.41, 5.74) is 0.843. The van der Waals surface area contributed by atoms with Crippen molar-refractivity contribution in [2.75, 3.05) is 6.54 Å². The SMILES string of the molecule is FC(F)(F)C1=NCC=C(c2ccccc2)C1. The minimum Gasteiger partial charge on any atom is -0.280 e. The maximum Gasteiger partial charge on any atom is 0.429 e. The highest BCUT2D eigenvalue weighted by atomic mass is 19.4. The zero-order chi connectivity index (χ0) is 11.6. The van der Waals surface area contributed by atoms with Gasteiger partial charge in [-0.15, -0.1) is 0 Å². The van der Waals surface area contributed by atoms with Crippen LogP contribution in [0, 0.1) is 0 Å². The van der Waals surface area contributed by atoms with Crippen LogP contribution < -0.4 is 0 Å². The number of hydrogen-bond acceptors (Lipinski definition) is 1. The van der Waals surface area contributed by atoms with Crippen LogP contribution in [-0.2, 0) is 0 Å². The summed E-state index contributed by atoms with van der Waals surface area (Å²) in [5, 5.41) is 0. The normalized spacial score (nSPS) is 16.7. The molecule has 0 aliphatic carbocycles. The van der Waals surface area contributed by atoms with Crippen molar-refractivity contribution in [1.29, 1.82) is 0 Å². The first kappa shape index (κ1) is 10.9. The predicted octanol–water partition coefficient (Wildman–Crippen LogP) is 3.48. The molecule has 1 aromatic carbocycles. The van der Waals surface area contributed by atoms with Crippen LogP contribution in [0.2, 0.25) is 0 Å². The maximum absolute atomic E-state index is 12.5. The van der Waals surface area contributed by atoms with E-state index in [0.29, 0.717) is 5.57 Å². The fourth-order valence-electron chi connectivity index (χ4n) is 1.64. The van der Waals surface area contributed by atoms with Crippen LogP contribution >= 0.6 is 0 Å². The van der Waals surface area contributed by atoms with Crippen LogP contribution in [0.25, 0.3) is 5.57 Å². The molecule has 1 heterocycles. The zero-order valence-corrected chi connectivity index (χ0v) is 8.46. The highest BCUT2D eigenvalue weighted by Crippen LogP contribution is 2.28. The maximum atomic E-state index is 12.5. The number of allylic oxidation sites excluding steroid dienone is 1. The molecule has 84 valence electrons. The Labute approximate surface area is 91.3 Å². The van der Waals surface area contributed by atoms with E-state index in [9.17, 15) is 13.2 Å². The van der Waals surface area contributed by atoms with Gasteiger partial charge in [0.2, 0.25) is 0 Å². The third-order valence-corrected chi connectivity index (χ3v) is 2.45. The van der Waals surface area contributed by atoms with Gasteiger partial charge >= 0.3 is 6.18 Å². The van der Waals surface area contributed by atoms with Gasteiger partial charge in [0.25, 0.3) is 0 Å². The summed E-state index contributed by atoms with van der Waals surface area (Å²) in [6.07, 6.45) is -2.70. The standard InChI is InChI=1S/C12H10F3N/c13-12(14,15)11-8-10(6-7-16-11)9-4-2-1-3-5-9/h1-6H,7-8H2. The molecule has 0 saturated heterocycles. The molecule has 4 heteroatoms. The molecule has 0 unspecified atom stereocenters. The molecule has 16 heavy (non-hydrogen) atoms. The van der Waals surface area contributed by atoms with Crippen LogP contribution in [-0.4, -0.2) is 18.4 Å². The lowest BCUT2D eigenvalue weighted by Gasteiger charge is -2.16. The number of aliphatic imine (C=N–C) groups is 1. The molecule has 0 spiro atoms. The van der Waals surface area contributed by atoms with Gasteiger partial charge < -0.3 is 0 Å². The van der Waals surface area contributed by atoms with E-state index in [1.165, 1.54) is 0 Å². The molecular weight excluding hydrogens is 215 g/mol. The first-order valence-corrected chi connectivity index (χ1v) is 4.92. The predicted molar refractivity (Wildman–Crippen MR) is 57.4 cm³/mol. The van der Waals surface area contributed by atoms with E-state index in [4.69, 9.17) is 0 Å². The summed E-state index contributed by atoms with van der Waals surface area (Å²) in [5.74, 6) is 0. The van der Waals surface area contributed by atoms with Crippen molar-refractivity contribution in [3.8, 4) is 0 Å². The average Bonchev–Trinajstić information content (AvgIpc) is 2.29. The van der Waals surface area contributed by atoms with E-state index in [2.05, 4.69) is 4.99 Å². The molecule has 0 bridgehead atoms. The summed E-state index contributed by atoms with van der Waals surface area (Å²) < 4.78 is 37.4. The molecule has 2 rings (SSSR count). The Hall–Kier alpha value is -1.58. The Morgan fingerprint density at radius 3 is 2.38 bits per heavy atom. The second-order valence-electron chi connectivity index (χ2n) is 3.56. The van der Waals surface area contributed by atoms with Crippen LogP contribution in [0.1, 0.15) is 12.0 Å². The van der Waals surface area contributed by atoms with Gasteiger partial charge in [0, 0.05) is 6.42 Å². The van der Waals surface area contributed by atoms with E-state index >= 15 is 0 Å². The van der Waals surface area contributed by atoms with Crippen molar-refractivity contribution >= 4 is 11.3 Å². The molecular formula is C12H10F3N. The Morgan fingerprint density at radius 1 is 1.06 bits per heavy atom. The zero-order valence-electron chi connectivity index (χ0n) is 8.46. The number of hydrogen-bond donors (Lipinski definition) is 0. The number of benzene rings is 1. The summed E-state index contributed by atoms with van der Waals surface area (Å²) in [6.45, 7) is 0.110. The van der Waals surface area contributed by atoms with Gasteiger partial charge in [-0.1, -0.05) is 36.4 Å². The molecule has 1 aromatic rings. The third-order valence-electron chi connectivity index (χ3n) is 2.45. The lowest BCUT2D eigenvalue weighted by molar-refractivity contribution is -0.0601. The van der Waals surface area contributed by atoms with Crippen molar-refractivity contribution in [3.63, 3.8) is 0 Å². The Balaban J connectivity index is 2.20. The third kappa shape index (κ3) is 2.32. The number of halogens is 3. The van der Waals surface area contributed by atoms with E-state index in [1.807, 2.05) is 30.3 Å². The number of dihydropyridines is 1. The van der Waals surface area contributed by atoms with Crippen molar-refractivity contribution in [3.05, 3.63) is 42.0 Å². The Kier molecular flexibility index (Phi) is 2.81. The van der Waals surface area contributed by atoms with E-state index < -0.39 is 11.9 Å². The highest BCUT2D eigenvalue weighted by Gasteiger charge is 2.36. The fourth-order valence-corrected chi connectivity index (χ4v) is 1.64. The number of alkyl halides is 3. The molecule has 0 saturated carbocycles. The monoisotopic (exact) mass is 225 g/mol. The van der Waals surface area contributed by atoms with Crippen molar-refractivity contribution in [2.24, 2.45) is 4.99 Å². The van der Waals surface area contributed by atoms with Gasteiger partial charge in [-0.2, -0.15) is 13.2 Å². The lowest BCUT2D eigenvalue weighted by Crippen LogP contribution is -2.25. The van der Waals surface area contributed by atoms with Gasteiger partial charge in [-0.3, -0.25) is 4.99 Å².